The first-order valence-electron chi connectivity index (χ1n) is 12.1. The fourth-order valence-electron chi connectivity index (χ4n) is 4.24. The number of morpholine rings is 1. The molecule has 186 valence electrons. The number of benzene rings is 3. The maximum atomic E-state index is 13.8. The fraction of sp³-hybridized carbons (Fsp3) is 0.286. The molecule has 2 heterocycles. The fourth-order valence-corrected chi connectivity index (χ4v) is 5.58. The first-order valence-corrected chi connectivity index (χ1v) is 13.3. The van der Waals surface area contributed by atoms with E-state index in [2.05, 4.69) is 4.90 Å². The highest BCUT2D eigenvalue weighted by molar-refractivity contribution is 7.23. The van der Waals surface area contributed by atoms with Gasteiger partial charge >= 0.3 is 0 Å². The van der Waals surface area contributed by atoms with E-state index in [-0.39, 0.29) is 5.91 Å². The molecule has 3 aromatic carbocycles. The number of carbonyl (C=O) groups is 1. The van der Waals surface area contributed by atoms with Crippen LogP contribution in [0.1, 0.15) is 22.3 Å². The zero-order chi connectivity index (χ0) is 24.9. The molecule has 1 aliphatic rings. The normalized spacial score (nSPS) is 14.2. The Morgan fingerprint density at radius 1 is 1.08 bits per heavy atom. The lowest BCUT2D eigenvalue weighted by atomic mass is 10.2. The Morgan fingerprint density at radius 3 is 2.64 bits per heavy atom. The second-order valence-corrected chi connectivity index (χ2v) is 10.1. The summed E-state index contributed by atoms with van der Waals surface area (Å²) in [6.45, 7) is 6.81. The molecule has 6 nitrogen and oxygen atoms in total. The van der Waals surface area contributed by atoms with E-state index in [1.54, 1.807) is 11.0 Å². The number of hydrogen-bond acceptors (Lipinski definition) is 6. The van der Waals surface area contributed by atoms with Crippen LogP contribution in [0.3, 0.4) is 0 Å². The maximum Gasteiger partial charge on any atom is 0.260 e. The van der Waals surface area contributed by atoms with Gasteiger partial charge in [-0.05, 0) is 55.3 Å². The van der Waals surface area contributed by atoms with Gasteiger partial charge in [0.1, 0.15) is 11.5 Å². The van der Waals surface area contributed by atoms with Crippen molar-refractivity contribution in [3.8, 4) is 11.5 Å². The number of nitrogens with zero attached hydrogens (tertiary/aromatic N) is 3. The van der Waals surface area contributed by atoms with Crippen molar-refractivity contribution in [1.29, 1.82) is 0 Å². The number of anilines is 1. The second kappa shape index (κ2) is 11.4. The summed E-state index contributed by atoms with van der Waals surface area (Å²) in [4.78, 5) is 22.9. The summed E-state index contributed by atoms with van der Waals surface area (Å²) in [5.74, 6) is 1.23. The van der Waals surface area contributed by atoms with Crippen LogP contribution >= 0.6 is 22.9 Å². The quantitative estimate of drug-likeness (QED) is 0.268. The van der Waals surface area contributed by atoms with E-state index in [0.717, 1.165) is 60.8 Å². The molecular formula is C28H28ClN3O3S. The molecule has 5 rings (SSSR count). The molecule has 8 heteroatoms. The van der Waals surface area contributed by atoms with Crippen LogP contribution in [0.5, 0.6) is 11.5 Å². The number of rotatable bonds is 8. The molecule has 0 radical (unpaired) electrons. The maximum absolute atomic E-state index is 13.8. The molecule has 0 bridgehead atoms. The SMILES string of the molecule is Cc1ccc(Cl)c2sc(N(CCCN3CCOCC3)C(=O)c3cccc(Oc4ccccc4)c3)nc12. The van der Waals surface area contributed by atoms with Crippen LogP contribution in [-0.4, -0.2) is 55.2 Å². The number of para-hydroxylation sites is 1. The third-order valence-electron chi connectivity index (χ3n) is 6.18. The van der Waals surface area contributed by atoms with Gasteiger partial charge < -0.3 is 9.47 Å². The molecule has 0 N–H and O–H groups in total. The van der Waals surface area contributed by atoms with Crippen LogP contribution in [0.2, 0.25) is 5.02 Å². The highest BCUT2D eigenvalue weighted by Gasteiger charge is 2.23. The van der Waals surface area contributed by atoms with Crippen molar-refractivity contribution in [3.63, 3.8) is 0 Å². The number of ether oxygens (including phenoxy) is 2. The molecule has 4 aromatic rings. The third-order valence-corrected chi connectivity index (χ3v) is 7.72. The Morgan fingerprint density at radius 2 is 1.86 bits per heavy atom. The summed E-state index contributed by atoms with van der Waals surface area (Å²) in [7, 11) is 0. The summed E-state index contributed by atoms with van der Waals surface area (Å²) in [5, 5.41) is 1.31. The number of aryl methyl sites for hydroxylation is 1. The first-order chi connectivity index (χ1) is 17.6. The van der Waals surface area contributed by atoms with Gasteiger partial charge in [-0.2, -0.15) is 0 Å². The van der Waals surface area contributed by atoms with Crippen molar-refractivity contribution < 1.29 is 14.3 Å². The minimum Gasteiger partial charge on any atom is -0.457 e. The molecule has 1 amide bonds. The largest absolute Gasteiger partial charge is 0.457 e. The number of thiazole rings is 1. The standard InChI is InChI=1S/C28H28ClN3O3S/c1-20-11-12-24(29)26-25(20)30-28(36-26)32(14-6-13-31-15-17-34-18-16-31)27(33)21-7-5-10-23(19-21)35-22-8-3-2-4-9-22/h2-5,7-12,19H,6,13-18H2,1H3. The molecule has 1 fully saturated rings. The number of halogens is 1. The second-order valence-electron chi connectivity index (χ2n) is 8.75. The summed E-state index contributed by atoms with van der Waals surface area (Å²) >= 11 is 7.94. The van der Waals surface area contributed by atoms with Gasteiger partial charge in [0.25, 0.3) is 5.91 Å². The zero-order valence-corrected chi connectivity index (χ0v) is 21.7. The molecule has 0 saturated carbocycles. The van der Waals surface area contributed by atoms with Crippen molar-refractivity contribution in [2.24, 2.45) is 0 Å². The Bertz CT molecular complexity index is 1300. The number of hydrogen-bond donors (Lipinski definition) is 0. The van der Waals surface area contributed by atoms with Crippen LogP contribution in [0.25, 0.3) is 10.2 Å². The third kappa shape index (κ3) is 5.71. The lowest BCUT2D eigenvalue weighted by molar-refractivity contribution is 0.0376. The van der Waals surface area contributed by atoms with E-state index >= 15 is 0 Å². The van der Waals surface area contributed by atoms with Gasteiger partial charge in [0.15, 0.2) is 5.13 Å². The van der Waals surface area contributed by atoms with Crippen molar-refractivity contribution in [1.82, 2.24) is 9.88 Å². The molecule has 36 heavy (non-hydrogen) atoms. The van der Waals surface area contributed by atoms with E-state index in [4.69, 9.17) is 26.1 Å². The van der Waals surface area contributed by atoms with Crippen molar-refractivity contribution in [2.75, 3.05) is 44.3 Å². The van der Waals surface area contributed by atoms with E-state index in [0.29, 0.717) is 28.0 Å². The predicted octanol–water partition coefficient (Wildman–Crippen LogP) is 6.42. The Kier molecular flexibility index (Phi) is 7.82. The zero-order valence-electron chi connectivity index (χ0n) is 20.2. The summed E-state index contributed by atoms with van der Waals surface area (Å²) in [5.41, 5.74) is 2.43. The van der Waals surface area contributed by atoms with E-state index in [9.17, 15) is 4.79 Å². The molecular weight excluding hydrogens is 494 g/mol. The molecule has 1 aliphatic heterocycles. The smallest absolute Gasteiger partial charge is 0.260 e. The van der Waals surface area contributed by atoms with Crippen LogP contribution in [-0.2, 0) is 4.74 Å². The summed E-state index contributed by atoms with van der Waals surface area (Å²) in [6, 6.07) is 20.7. The monoisotopic (exact) mass is 521 g/mol. The molecule has 0 atom stereocenters. The van der Waals surface area contributed by atoms with Crippen LogP contribution in [0, 0.1) is 6.92 Å². The lowest BCUT2D eigenvalue weighted by Crippen LogP contribution is -2.39. The summed E-state index contributed by atoms with van der Waals surface area (Å²) in [6.07, 6.45) is 0.828. The van der Waals surface area contributed by atoms with Crippen molar-refractivity contribution in [2.45, 2.75) is 13.3 Å². The Balaban J connectivity index is 1.41. The van der Waals surface area contributed by atoms with Crippen molar-refractivity contribution in [3.05, 3.63) is 82.9 Å². The highest BCUT2D eigenvalue weighted by atomic mass is 35.5. The predicted molar refractivity (Wildman–Crippen MR) is 146 cm³/mol. The van der Waals surface area contributed by atoms with Gasteiger partial charge in [0.2, 0.25) is 0 Å². The Hall–Kier alpha value is -2.97. The molecule has 1 saturated heterocycles. The number of fused-ring (bicyclic) bond motifs is 1. The molecule has 1 aromatic heterocycles. The van der Waals surface area contributed by atoms with E-state index in [1.807, 2.05) is 67.6 Å². The minimum absolute atomic E-state index is 0.108. The topological polar surface area (TPSA) is 54.9 Å². The van der Waals surface area contributed by atoms with E-state index < -0.39 is 0 Å². The van der Waals surface area contributed by atoms with Crippen LogP contribution < -0.4 is 9.64 Å². The summed E-state index contributed by atoms with van der Waals surface area (Å²) < 4.78 is 12.3. The van der Waals surface area contributed by atoms with Crippen molar-refractivity contribution >= 4 is 44.2 Å². The minimum atomic E-state index is -0.108. The van der Waals surface area contributed by atoms with Crippen LogP contribution in [0.4, 0.5) is 5.13 Å². The van der Waals surface area contributed by atoms with Gasteiger partial charge in [-0.1, -0.05) is 53.3 Å². The molecule has 0 aliphatic carbocycles. The number of aromatic nitrogens is 1. The van der Waals surface area contributed by atoms with Crippen LogP contribution in [0.15, 0.2) is 66.7 Å². The van der Waals surface area contributed by atoms with Gasteiger partial charge in [-0.15, -0.1) is 0 Å². The number of amides is 1. The average molecular weight is 522 g/mol. The van der Waals surface area contributed by atoms with Gasteiger partial charge in [0.05, 0.1) is 28.5 Å². The van der Waals surface area contributed by atoms with Gasteiger partial charge in [-0.25, -0.2) is 4.98 Å². The number of carbonyl (C=O) groups excluding carboxylic acids is 1. The highest BCUT2D eigenvalue weighted by Crippen LogP contribution is 2.36. The first kappa shape index (κ1) is 24.7. The van der Waals surface area contributed by atoms with Gasteiger partial charge in [-0.3, -0.25) is 14.6 Å². The van der Waals surface area contributed by atoms with Gasteiger partial charge in [0, 0.05) is 31.7 Å². The molecule has 0 spiro atoms. The Labute approximate surface area is 220 Å². The average Bonchev–Trinajstić information content (AvgIpc) is 3.36. The molecule has 0 unspecified atom stereocenters. The van der Waals surface area contributed by atoms with E-state index in [1.165, 1.54) is 11.3 Å². The lowest BCUT2D eigenvalue weighted by Gasteiger charge is -2.27.